The third-order valence-corrected chi connectivity index (χ3v) is 6.75. The summed E-state index contributed by atoms with van der Waals surface area (Å²) in [4.78, 5) is 0.930. The summed E-state index contributed by atoms with van der Waals surface area (Å²) in [6.45, 7) is 8.97. The Balaban J connectivity index is 2.02. The Labute approximate surface area is 165 Å². The molecule has 0 saturated carbocycles. The summed E-state index contributed by atoms with van der Waals surface area (Å²) in [5, 5.41) is 0. The first-order chi connectivity index (χ1) is 13.0. The van der Waals surface area contributed by atoms with Crippen molar-refractivity contribution in [2.45, 2.75) is 45.2 Å². The van der Waals surface area contributed by atoms with Crippen LogP contribution < -0.4 is 0 Å². The van der Waals surface area contributed by atoms with Gasteiger partial charge in [-0.05, 0) is 49.9 Å². The van der Waals surface area contributed by atoms with Gasteiger partial charge >= 0.3 is 0 Å². The van der Waals surface area contributed by atoms with Gasteiger partial charge in [-0.15, -0.1) is 0 Å². The van der Waals surface area contributed by atoms with Crippen molar-refractivity contribution in [3.8, 4) is 0 Å². The molecule has 0 bridgehead atoms. The highest BCUT2D eigenvalue weighted by molar-refractivity contribution is 7.82. The Morgan fingerprint density at radius 2 is 1.37 bits per heavy atom. The molecule has 0 amide bonds. The van der Waals surface area contributed by atoms with Crippen LogP contribution in [0.15, 0.2) is 77.7 Å². The summed E-state index contributed by atoms with van der Waals surface area (Å²) in [7, 11) is -1.25. The van der Waals surface area contributed by atoms with Crippen LogP contribution in [0.3, 0.4) is 0 Å². The van der Waals surface area contributed by atoms with E-state index in [1.165, 1.54) is 11.1 Å². The average Bonchev–Trinajstić information content (AvgIpc) is 2.66. The second kappa shape index (κ2) is 8.64. The summed E-state index contributed by atoms with van der Waals surface area (Å²) in [6, 6.07) is 24.8. The van der Waals surface area contributed by atoms with Crippen molar-refractivity contribution >= 4 is 11.0 Å². The van der Waals surface area contributed by atoms with Gasteiger partial charge in [0.2, 0.25) is 0 Å². The number of aryl methyl sites for hydroxylation is 3. The van der Waals surface area contributed by atoms with Crippen LogP contribution in [0.2, 0.25) is 0 Å². The van der Waals surface area contributed by atoms with E-state index in [9.17, 15) is 4.21 Å². The largest absolute Gasteiger partial charge is 0.237 e. The van der Waals surface area contributed by atoms with Gasteiger partial charge in [0.05, 0.1) is 4.90 Å². The standard InChI is InChI=1S/C24H27NOS/c1-18-15-19(2)24(20(3)16-18)27(26)25(17-22-11-7-5-8-12-22)21(4)23-13-9-6-10-14-23/h5-16,21H,17H2,1-4H3/t21-,27+/m1/s1. The molecule has 0 saturated heterocycles. The van der Waals surface area contributed by atoms with Crippen LogP contribution in [0.4, 0.5) is 0 Å². The van der Waals surface area contributed by atoms with Crippen LogP contribution in [-0.2, 0) is 17.5 Å². The lowest BCUT2D eigenvalue weighted by Gasteiger charge is -2.29. The third-order valence-electron chi connectivity index (χ3n) is 4.89. The molecule has 0 aliphatic heterocycles. The Morgan fingerprint density at radius 1 is 0.852 bits per heavy atom. The van der Waals surface area contributed by atoms with Crippen molar-refractivity contribution in [1.82, 2.24) is 4.31 Å². The third kappa shape index (κ3) is 4.55. The smallest absolute Gasteiger partial charge is 0.129 e. The Morgan fingerprint density at radius 3 is 1.93 bits per heavy atom. The van der Waals surface area contributed by atoms with E-state index in [-0.39, 0.29) is 6.04 Å². The number of benzene rings is 3. The van der Waals surface area contributed by atoms with E-state index < -0.39 is 11.0 Å². The van der Waals surface area contributed by atoms with Crippen LogP contribution >= 0.6 is 0 Å². The van der Waals surface area contributed by atoms with E-state index in [1.807, 2.05) is 36.4 Å². The second-order valence-electron chi connectivity index (χ2n) is 7.12. The minimum Gasteiger partial charge on any atom is -0.237 e. The molecule has 0 spiro atoms. The summed E-state index contributed by atoms with van der Waals surface area (Å²) < 4.78 is 15.8. The molecule has 2 atom stereocenters. The summed E-state index contributed by atoms with van der Waals surface area (Å²) >= 11 is 0. The summed E-state index contributed by atoms with van der Waals surface area (Å²) in [5.74, 6) is 0. The van der Waals surface area contributed by atoms with Crippen LogP contribution in [0.25, 0.3) is 0 Å². The van der Waals surface area contributed by atoms with Gasteiger partial charge in [-0.2, -0.15) is 0 Å². The van der Waals surface area contributed by atoms with Crippen molar-refractivity contribution in [1.29, 1.82) is 0 Å². The molecule has 0 radical (unpaired) electrons. The van der Waals surface area contributed by atoms with Gasteiger partial charge < -0.3 is 0 Å². The lowest BCUT2D eigenvalue weighted by molar-refractivity contribution is 0.358. The van der Waals surface area contributed by atoms with E-state index in [1.54, 1.807) is 0 Å². The Hall–Kier alpha value is -2.23. The molecule has 27 heavy (non-hydrogen) atoms. The zero-order chi connectivity index (χ0) is 19.4. The molecule has 0 aromatic heterocycles. The van der Waals surface area contributed by atoms with Crippen LogP contribution in [0, 0.1) is 20.8 Å². The number of hydrogen-bond acceptors (Lipinski definition) is 1. The molecule has 0 aliphatic rings. The molecular weight excluding hydrogens is 350 g/mol. The molecule has 0 aliphatic carbocycles. The van der Waals surface area contributed by atoms with Crippen LogP contribution in [-0.4, -0.2) is 8.51 Å². The Bertz CT molecular complexity index is 899. The molecule has 0 N–H and O–H groups in total. The van der Waals surface area contributed by atoms with Gasteiger partial charge in [0.25, 0.3) is 0 Å². The minimum atomic E-state index is -1.25. The van der Waals surface area contributed by atoms with Crippen molar-refractivity contribution in [3.63, 3.8) is 0 Å². The highest BCUT2D eigenvalue weighted by Crippen LogP contribution is 2.30. The molecule has 0 heterocycles. The number of nitrogens with zero attached hydrogens (tertiary/aromatic N) is 1. The van der Waals surface area contributed by atoms with E-state index in [0.717, 1.165) is 21.6 Å². The first-order valence-electron chi connectivity index (χ1n) is 9.32. The van der Waals surface area contributed by atoms with E-state index in [4.69, 9.17) is 0 Å². The first-order valence-corrected chi connectivity index (χ1v) is 10.4. The zero-order valence-electron chi connectivity index (χ0n) is 16.5. The number of rotatable bonds is 6. The molecule has 140 valence electrons. The quantitative estimate of drug-likeness (QED) is 0.524. The highest BCUT2D eigenvalue weighted by Gasteiger charge is 2.25. The molecule has 2 nitrogen and oxygen atoms in total. The molecular formula is C24H27NOS. The van der Waals surface area contributed by atoms with Crippen molar-refractivity contribution in [2.75, 3.05) is 0 Å². The summed E-state index contributed by atoms with van der Waals surface area (Å²) in [6.07, 6.45) is 0. The fourth-order valence-corrected chi connectivity index (χ4v) is 5.14. The maximum atomic E-state index is 13.8. The average molecular weight is 378 g/mol. The van der Waals surface area contributed by atoms with Gasteiger partial charge in [0.15, 0.2) is 0 Å². The van der Waals surface area contributed by atoms with Crippen molar-refractivity contribution < 1.29 is 4.21 Å². The SMILES string of the molecule is Cc1cc(C)c([S@](=O)N(Cc2ccccc2)[C@H](C)c2ccccc2)c(C)c1. The maximum absolute atomic E-state index is 13.8. The van der Waals surface area contributed by atoms with Crippen molar-refractivity contribution in [2.24, 2.45) is 0 Å². The van der Waals surface area contributed by atoms with E-state index in [2.05, 4.69) is 68.4 Å². The first kappa shape index (κ1) is 19.5. The normalized spacial score (nSPS) is 13.5. The molecule has 0 fully saturated rings. The van der Waals surface area contributed by atoms with Gasteiger partial charge in [-0.25, -0.2) is 8.51 Å². The number of hydrogen-bond donors (Lipinski definition) is 0. The molecule has 3 aromatic carbocycles. The zero-order valence-corrected chi connectivity index (χ0v) is 17.3. The predicted molar refractivity (Wildman–Crippen MR) is 114 cm³/mol. The molecule has 3 heteroatoms. The van der Waals surface area contributed by atoms with Gasteiger partial charge in [0.1, 0.15) is 11.0 Å². The maximum Gasteiger partial charge on any atom is 0.129 e. The molecule has 0 unspecified atom stereocenters. The van der Waals surface area contributed by atoms with E-state index >= 15 is 0 Å². The highest BCUT2D eigenvalue weighted by atomic mass is 32.2. The molecule has 3 rings (SSSR count). The second-order valence-corrected chi connectivity index (χ2v) is 8.50. The van der Waals surface area contributed by atoms with Crippen LogP contribution in [0.1, 0.15) is 40.8 Å². The fourth-order valence-electron chi connectivity index (χ4n) is 3.56. The lowest BCUT2D eigenvalue weighted by atomic mass is 10.1. The minimum absolute atomic E-state index is 0.0346. The van der Waals surface area contributed by atoms with Gasteiger partial charge in [-0.3, -0.25) is 0 Å². The van der Waals surface area contributed by atoms with Gasteiger partial charge in [0, 0.05) is 12.6 Å². The Kier molecular flexibility index (Phi) is 6.25. The van der Waals surface area contributed by atoms with E-state index in [0.29, 0.717) is 6.54 Å². The lowest BCUT2D eigenvalue weighted by Crippen LogP contribution is -2.29. The summed E-state index contributed by atoms with van der Waals surface area (Å²) in [5.41, 5.74) is 5.71. The van der Waals surface area contributed by atoms with Gasteiger partial charge in [-0.1, -0.05) is 78.4 Å². The fraction of sp³-hybridized carbons (Fsp3) is 0.250. The van der Waals surface area contributed by atoms with Crippen LogP contribution in [0.5, 0.6) is 0 Å². The van der Waals surface area contributed by atoms with Crippen molar-refractivity contribution in [3.05, 3.63) is 101 Å². The topological polar surface area (TPSA) is 20.3 Å². The molecule has 3 aromatic rings. The monoisotopic (exact) mass is 377 g/mol. The predicted octanol–water partition coefficient (Wildman–Crippen LogP) is 5.90.